The molecule has 0 fully saturated rings. The summed E-state index contributed by atoms with van der Waals surface area (Å²) in [5.74, 6) is -2.23. The fourth-order valence-corrected chi connectivity index (χ4v) is 3.86. The first kappa shape index (κ1) is 38.0. The maximum Gasteiger partial charge on any atom is 0.310 e. The highest BCUT2D eigenvalue weighted by Crippen LogP contribution is 2.28. The fraction of sp³-hybridized carbons (Fsp3) is 0.394. The van der Waals surface area contributed by atoms with Crippen molar-refractivity contribution in [3.63, 3.8) is 0 Å². The Morgan fingerprint density at radius 3 is 1.82 bits per heavy atom. The van der Waals surface area contributed by atoms with Gasteiger partial charge in [-0.15, -0.1) is 0 Å². The zero-order valence-corrected chi connectivity index (χ0v) is 26.8. The molecule has 0 saturated heterocycles. The number of hydrogen-bond donors (Lipinski definition) is 2. The Kier molecular flexibility index (Phi) is 15.2. The highest BCUT2D eigenvalue weighted by Gasteiger charge is 2.17. The Morgan fingerprint density at radius 2 is 1.29 bits per heavy atom. The van der Waals surface area contributed by atoms with Crippen LogP contribution in [0.5, 0.6) is 11.5 Å². The molecule has 244 valence electrons. The number of hydrogen-bond acceptors (Lipinski definition) is 12. The quantitative estimate of drug-likeness (QED) is 0.150. The summed E-state index contributed by atoms with van der Waals surface area (Å²) in [5.41, 5.74) is 3.47. The minimum atomic E-state index is -0.562. The molecule has 1 aromatic heterocycles. The average molecular weight is 629 g/mol. The lowest BCUT2D eigenvalue weighted by molar-refractivity contribution is -0.156. The lowest BCUT2D eigenvalue weighted by Crippen LogP contribution is -2.17. The van der Waals surface area contributed by atoms with Crippen molar-refractivity contribution in [2.24, 2.45) is 0 Å². The SMILES string of the molecule is CC(=O)OC(C)=O.CCOC(=O)CCC(=O)c1cc(C)c(O)cc1O.CCOC(=O)Cc1c(C)oc2cc(C)c(C)cc2c1=O. The number of aryl methyl sites for hydroxylation is 4. The lowest BCUT2D eigenvalue weighted by atomic mass is 10.0. The third-order valence-corrected chi connectivity index (χ3v) is 6.19. The summed E-state index contributed by atoms with van der Waals surface area (Å²) in [6, 6.07) is 6.18. The number of Topliss-reactive ketones (excluding diaryl/α,β-unsaturated/α-hetero) is 1. The van der Waals surface area contributed by atoms with Gasteiger partial charge in [0.15, 0.2) is 11.2 Å². The molecule has 12 nitrogen and oxygen atoms in total. The van der Waals surface area contributed by atoms with Crippen LogP contribution in [0, 0.1) is 27.7 Å². The van der Waals surface area contributed by atoms with Crippen molar-refractivity contribution in [3.05, 3.63) is 68.1 Å². The minimum Gasteiger partial charge on any atom is -0.508 e. The standard InChI is InChI=1S/C16H18O4.C13H16O5.C4H6O3/c1-5-19-15(17)8-12-11(4)20-14-7-10(3)9(2)6-13(14)16(12)18;1-3-18-13(17)5-4-10(14)9-6-8(2)11(15)7-12(9)16;1-3(5)7-4(2)6/h6-7H,5,8H2,1-4H3;6-7,15-16H,3-5H2,1-2H3;1-2H3. The van der Waals surface area contributed by atoms with Gasteiger partial charge in [-0.25, -0.2) is 0 Å². The highest BCUT2D eigenvalue weighted by atomic mass is 16.6. The number of fused-ring (bicyclic) bond motifs is 1. The molecule has 0 radical (unpaired) electrons. The Balaban J connectivity index is 0.000000375. The topological polar surface area (TPSA) is 184 Å². The zero-order chi connectivity index (χ0) is 34.4. The maximum atomic E-state index is 12.5. The van der Waals surface area contributed by atoms with Crippen molar-refractivity contribution in [1.29, 1.82) is 0 Å². The Labute approximate surface area is 260 Å². The van der Waals surface area contributed by atoms with Crippen LogP contribution in [-0.2, 0) is 39.8 Å². The van der Waals surface area contributed by atoms with E-state index < -0.39 is 23.9 Å². The molecule has 0 unspecified atom stereocenters. The van der Waals surface area contributed by atoms with Crippen LogP contribution >= 0.6 is 0 Å². The number of carbonyl (C=O) groups excluding carboxylic acids is 5. The monoisotopic (exact) mass is 628 g/mol. The van der Waals surface area contributed by atoms with Crippen LogP contribution in [0.3, 0.4) is 0 Å². The van der Waals surface area contributed by atoms with Crippen LogP contribution in [0.25, 0.3) is 11.0 Å². The van der Waals surface area contributed by atoms with Gasteiger partial charge in [0.2, 0.25) is 0 Å². The molecule has 0 aliphatic carbocycles. The second-order valence-electron chi connectivity index (χ2n) is 9.85. The van der Waals surface area contributed by atoms with E-state index >= 15 is 0 Å². The molecular weight excluding hydrogens is 588 g/mol. The number of carbonyl (C=O) groups is 5. The van der Waals surface area contributed by atoms with Gasteiger partial charge < -0.3 is 28.8 Å². The summed E-state index contributed by atoms with van der Waals surface area (Å²) in [6.45, 7) is 13.6. The van der Waals surface area contributed by atoms with Crippen LogP contribution in [0.1, 0.15) is 78.9 Å². The zero-order valence-electron chi connectivity index (χ0n) is 26.8. The van der Waals surface area contributed by atoms with Gasteiger partial charge in [0.1, 0.15) is 22.8 Å². The molecule has 2 N–H and O–H groups in total. The van der Waals surface area contributed by atoms with E-state index in [2.05, 4.69) is 4.74 Å². The van der Waals surface area contributed by atoms with E-state index in [1.807, 2.05) is 26.0 Å². The molecule has 0 atom stereocenters. The molecule has 0 aliphatic rings. The summed E-state index contributed by atoms with van der Waals surface area (Å²) in [4.78, 5) is 66.6. The van der Waals surface area contributed by atoms with Crippen LogP contribution in [0.2, 0.25) is 0 Å². The number of ether oxygens (including phenoxy) is 3. The third-order valence-electron chi connectivity index (χ3n) is 6.19. The second-order valence-corrected chi connectivity index (χ2v) is 9.85. The highest BCUT2D eigenvalue weighted by molar-refractivity contribution is 6.00. The fourth-order valence-electron chi connectivity index (χ4n) is 3.86. The van der Waals surface area contributed by atoms with Crippen LogP contribution in [-0.4, -0.2) is 53.1 Å². The van der Waals surface area contributed by atoms with Crippen molar-refractivity contribution >= 4 is 40.6 Å². The minimum absolute atomic E-state index is 0.0218. The van der Waals surface area contributed by atoms with Gasteiger partial charge in [-0.3, -0.25) is 28.8 Å². The van der Waals surface area contributed by atoms with Crippen LogP contribution in [0.15, 0.2) is 33.5 Å². The van der Waals surface area contributed by atoms with E-state index in [1.54, 1.807) is 27.7 Å². The van der Waals surface area contributed by atoms with Crippen LogP contribution < -0.4 is 5.43 Å². The smallest absolute Gasteiger partial charge is 0.310 e. The number of phenols is 2. The first-order chi connectivity index (χ1) is 21.0. The molecule has 0 amide bonds. The lowest BCUT2D eigenvalue weighted by Gasteiger charge is -2.08. The molecule has 0 saturated carbocycles. The van der Waals surface area contributed by atoms with Gasteiger partial charge in [-0.05, 0) is 76.4 Å². The molecule has 0 aliphatic heterocycles. The van der Waals surface area contributed by atoms with E-state index in [0.717, 1.165) is 17.2 Å². The van der Waals surface area contributed by atoms with Crippen molar-refractivity contribution in [3.8, 4) is 11.5 Å². The van der Waals surface area contributed by atoms with Gasteiger partial charge >= 0.3 is 23.9 Å². The number of esters is 4. The number of phenolic OH excluding ortho intramolecular Hbond substituents is 2. The number of aromatic hydroxyl groups is 2. The molecule has 1 heterocycles. The normalized spacial score (nSPS) is 10.0. The van der Waals surface area contributed by atoms with E-state index in [9.17, 15) is 39.0 Å². The molecule has 3 rings (SSSR count). The second kappa shape index (κ2) is 18.0. The van der Waals surface area contributed by atoms with Crippen molar-refractivity contribution in [1.82, 2.24) is 0 Å². The number of ketones is 1. The van der Waals surface area contributed by atoms with Gasteiger partial charge in [0, 0.05) is 31.9 Å². The van der Waals surface area contributed by atoms with Gasteiger partial charge in [0.05, 0.1) is 37.0 Å². The molecule has 12 heteroatoms. The molecule has 45 heavy (non-hydrogen) atoms. The van der Waals surface area contributed by atoms with Gasteiger partial charge in [-0.2, -0.15) is 0 Å². The summed E-state index contributed by atoms with van der Waals surface area (Å²) in [5, 5.41) is 19.4. The Bertz CT molecular complexity index is 1600. The maximum absolute atomic E-state index is 12.5. The predicted molar refractivity (Wildman–Crippen MR) is 164 cm³/mol. The third kappa shape index (κ3) is 12.3. The average Bonchev–Trinajstić information content (AvgIpc) is 2.93. The van der Waals surface area contributed by atoms with Gasteiger partial charge in [0.25, 0.3) is 0 Å². The summed E-state index contributed by atoms with van der Waals surface area (Å²) >= 11 is 0. The molecule has 0 spiro atoms. The number of rotatable bonds is 8. The largest absolute Gasteiger partial charge is 0.508 e. The Hall–Kier alpha value is -5.00. The summed E-state index contributed by atoms with van der Waals surface area (Å²) in [7, 11) is 0. The summed E-state index contributed by atoms with van der Waals surface area (Å²) in [6.07, 6.45) is -0.104. The molecule has 2 aromatic carbocycles. The molecule has 0 bridgehead atoms. The van der Waals surface area contributed by atoms with E-state index in [-0.39, 0.29) is 54.1 Å². The first-order valence-corrected chi connectivity index (χ1v) is 14.1. The van der Waals surface area contributed by atoms with E-state index in [1.165, 1.54) is 19.9 Å². The molecular formula is C33H40O12. The van der Waals surface area contributed by atoms with Gasteiger partial charge in [-0.1, -0.05) is 0 Å². The predicted octanol–water partition coefficient (Wildman–Crippen LogP) is 4.85. The van der Waals surface area contributed by atoms with E-state index in [0.29, 0.717) is 34.5 Å². The van der Waals surface area contributed by atoms with E-state index in [4.69, 9.17) is 13.9 Å². The number of benzene rings is 2. The van der Waals surface area contributed by atoms with Crippen LogP contribution in [0.4, 0.5) is 0 Å². The summed E-state index contributed by atoms with van der Waals surface area (Å²) < 4.78 is 19.3. The molecule has 3 aromatic rings. The van der Waals surface area contributed by atoms with Crippen molar-refractivity contribution in [2.45, 2.75) is 74.7 Å². The first-order valence-electron chi connectivity index (χ1n) is 14.1. The van der Waals surface area contributed by atoms with Crippen molar-refractivity contribution in [2.75, 3.05) is 13.2 Å². The van der Waals surface area contributed by atoms with Crippen molar-refractivity contribution < 1.29 is 52.8 Å². The Morgan fingerprint density at radius 1 is 0.733 bits per heavy atom.